The number of amides is 1. The molecule has 0 saturated carbocycles. The number of aryl methyl sites for hydroxylation is 1. The van der Waals surface area contributed by atoms with Crippen LogP contribution >= 0.6 is 0 Å². The van der Waals surface area contributed by atoms with Gasteiger partial charge in [0.25, 0.3) is 5.91 Å². The van der Waals surface area contributed by atoms with Gasteiger partial charge in [0.05, 0.1) is 7.11 Å². The number of aromatic nitrogens is 2. The van der Waals surface area contributed by atoms with E-state index in [9.17, 15) is 4.79 Å². The molecule has 2 N–H and O–H groups in total. The van der Waals surface area contributed by atoms with Crippen molar-refractivity contribution in [3.8, 4) is 5.75 Å². The Kier molecular flexibility index (Phi) is 5.99. The molecule has 6 heteroatoms. The Hall–Kier alpha value is -3.41. The molecule has 0 unspecified atom stereocenters. The van der Waals surface area contributed by atoms with Crippen LogP contribution in [0.25, 0.3) is 0 Å². The van der Waals surface area contributed by atoms with E-state index < -0.39 is 0 Å². The molecular weight excluding hydrogens is 340 g/mol. The number of ether oxygens (including phenoxy) is 1. The number of rotatable bonds is 7. The quantitative estimate of drug-likeness (QED) is 0.673. The van der Waals surface area contributed by atoms with Crippen molar-refractivity contribution in [3.05, 3.63) is 77.5 Å². The summed E-state index contributed by atoms with van der Waals surface area (Å²) in [6, 6.07) is 19.1. The fraction of sp³-hybridized carbons (Fsp3) is 0.190. The lowest BCUT2D eigenvalue weighted by molar-refractivity contribution is 0.0948. The lowest BCUT2D eigenvalue weighted by atomic mass is 10.1. The van der Waals surface area contributed by atoms with E-state index >= 15 is 0 Å². The molecule has 2 aromatic carbocycles. The van der Waals surface area contributed by atoms with Gasteiger partial charge in [0.15, 0.2) is 11.5 Å². The van der Waals surface area contributed by atoms with Crippen LogP contribution in [0.1, 0.15) is 21.6 Å². The lowest BCUT2D eigenvalue weighted by Crippen LogP contribution is -2.26. The predicted octanol–water partition coefficient (Wildman–Crippen LogP) is 3.51. The molecule has 1 heterocycles. The van der Waals surface area contributed by atoms with Gasteiger partial charge in [0.1, 0.15) is 5.75 Å². The highest BCUT2D eigenvalue weighted by atomic mass is 16.5. The van der Waals surface area contributed by atoms with Crippen LogP contribution in [0.3, 0.4) is 0 Å². The second kappa shape index (κ2) is 8.80. The third-order valence-corrected chi connectivity index (χ3v) is 4.08. The third-order valence-electron chi connectivity index (χ3n) is 4.08. The summed E-state index contributed by atoms with van der Waals surface area (Å²) < 4.78 is 5.13. The number of benzene rings is 2. The predicted molar refractivity (Wildman–Crippen MR) is 106 cm³/mol. The maximum absolute atomic E-state index is 12.2. The number of carbonyl (C=O) groups is 1. The fourth-order valence-electron chi connectivity index (χ4n) is 2.51. The van der Waals surface area contributed by atoms with Gasteiger partial charge in [-0.05, 0) is 55.3 Å². The SMILES string of the molecule is COc1ccc(CCNC(=O)c2ccc(Nc3ccc(C)cc3)nn2)cc1. The molecule has 6 nitrogen and oxygen atoms in total. The van der Waals surface area contributed by atoms with Crippen LogP contribution in [0.2, 0.25) is 0 Å². The fourth-order valence-corrected chi connectivity index (χ4v) is 2.51. The Morgan fingerprint density at radius 3 is 2.33 bits per heavy atom. The van der Waals surface area contributed by atoms with Gasteiger partial charge in [-0.2, -0.15) is 0 Å². The average molecular weight is 362 g/mol. The summed E-state index contributed by atoms with van der Waals surface area (Å²) in [6.45, 7) is 2.56. The Bertz CT molecular complexity index is 876. The van der Waals surface area contributed by atoms with Crippen molar-refractivity contribution in [2.24, 2.45) is 0 Å². The number of anilines is 2. The highest BCUT2D eigenvalue weighted by molar-refractivity contribution is 5.92. The van der Waals surface area contributed by atoms with Crippen LogP contribution in [-0.4, -0.2) is 29.8 Å². The molecule has 0 aliphatic rings. The number of hydrogen-bond donors (Lipinski definition) is 2. The first-order chi connectivity index (χ1) is 13.1. The zero-order valence-corrected chi connectivity index (χ0v) is 15.4. The van der Waals surface area contributed by atoms with Crippen LogP contribution in [-0.2, 0) is 6.42 Å². The molecule has 0 aliphatic carbocycles. The van der Waals surface area contributed by atoms with E-state index in [1.165, 1.54) is 5.56 Å². The van der Waals surface area contributed by atoms with Gasteiger partial charge in [0.2, 0.25) is 0 Å². The molecule has 0 atom stereocenters. The van der Waals surface area contributed by atoms with Crippen molar-refractivity contribution in [1.82, 2.24) is 15.5 Å². The first-order valence-electron chi connectivity index (χ1n) is 8.72. The van der Waals surface area contributed by atoms with Crippen molar-refractivity contribution in [2.75, 3.05) is 19.0 Å². The zero-order chi connectivity index (χ0) is 19.1. The van der Waals surface area contributed by atoms with Gasteiger partial charge in [-0.1, -0.05) is 29.8 Å². The van der Waals surface area contributed by atoms with Gasteiger partial charge >= 0.3 is 0 Å². The van der Waals surface area contributed by atoms with Crippen molar-refractivity contribution in [1.29, 1.82) is 0 Å². The Balaban J connectivity index is 1.50. The molecule has 1 aromatic heterocycles. The van der Waals surface area contributed by atoms with Gasteiger partial charge in [-0.15, -0.1) is 10.2 Å². The average Bonchev–Trinajstić information content (AvgIpc) is 2.71. The summed E-state index contributed by atoms with van der Waals surface area (Å²) >= 11 is 0. The standard InChI is InChI=1S/C21H22N4O2/c1-15-3-7-17(8-4-15)23-20-12-11-19(24-25-20)21(26)22-14-13-16-5-9-18(27-2)10-6-16/h3-12H,13-14H2,1-2H3,(H,22,26)(H,23,25). The Morgan fingerprint density at radius 2 is 1.70 bits per heavy atom. The van der Waals surface area contributed by atoms with Crippen molar-refractivity contribution in [3.63, 3.8) is 0 Å². The molecule has 3 rings (SSSR count). The summed E-state index contributed by atoms with van der Waals surface area (Å²) in [5.74, 6) is 1.17. The van der Waals surface area contributed by atoms with Crippen LogP contribution in [0, 0.1) is 6.92 Å². The zero-order valence-electron chi connectivity index (χ0n) is 15.4. The van der Waals surface area contributed by atoms with Crippen LogP contribution in [0.15, 0.2) is 60.7 Å². The number of hydrogen-bond acceptors (Lipinski definition) is 5. The highest BCUT2D eigenvalue weighted by Gasteiger charge is 2.08. The van der Waals surface area contributed by atoms with Gasteiger partial charge in [-0.3, -0.25) is 4.79 Å². The molecule has 0 saturated heterocycles. The second-order valence-corrected chi connectivity index (χ2v) is 6.15. The minimum Gasteiger partial charge on any atom is -0.497 e. The first-order valence-corrected chi connectivity index (χ1v) is 8.72. The summed E-state index contributed by atoms with van der Waals surface area (Å²) in [7, 11) is 1.64. The molecule has 138 valence electrons. The molecule has 3 aromatic rings. The molecule has 0 radical (unpaired) electrons. The van der Waals surface area contributed by atoms with E-state index in [0.29, 0.717) is 18.1 Å². The molecule has 27 heavy (non-hydrogen) atoms. The maximum atomic E-state index is 12.2. The largest absolute Gasteiger partial charge is 0.497 e. The van der Waals surface area contributed by atoms with Crippen LogP contribution in [0.5, 0.6) is 5.75 Å². The van der Waals surface area contributed by atoms with Crippen molar-refractivity contribution < 1.29 is 9.53 Å². The molecular formula is C21H22N4O2. The number of methoxy groups -OCH3 is 1. The smallest absolute Gasteiger partial charge is 0.271 e. The first kappa shape index (κ1) is 18.4. The van der Waals surface area contributed by atoms with Crippen LogP contribution in [0.4, 0.5) is 11.5 Å². The van der Waals surface area contributed by atoms with E-state index in [-0.39, 0.29) is 5.91 Å². The minimum absolute atomic E-state index is 0.238. The molecule has 0 spiro atoms. The van der Waals surface area contributed by atoms with Crippen molar-refractivity contribution >= 4 is 17.4 Å². The van der Waals surface area contributed by atoms with E-state index in [1.54, 1.807) is 19.2 Å². The Labute approximate surface area is 158 Å². The number of nitrogens with zero attached hydrogens (tertiary/aromatic N) is 2. The molecule has 0 bridgehead atoms. The van der Waals surface area contributed by atoms with Gasteiger partial charge in [-0.25, -0.2) is 0 Å². The second-order valence-electron chi connectivity index (χ2n) is 6.15. The van der Waals surface area contributed by atoms with Crippen LogP contribution < -0.4 is 15.4 Å². The Morgan fingerprint density at radius 1 is 0.963 bits per heavy atom. The highest BCUT2D eigenvalue weighted by Crippen LogP contribution is 2.14. The minimum atomic E-state index is -0.238. The van der Waals surface area contributed by atoms with Crippen molar-refractivity contribution in [2.45, 2.75) is 13.3 Å². The molecule has 0 fully saturated rings. The van der Waals surface area contributed by atoms with E-state index in [2.05, 4.69) is 20.8 Å². The number of carbonyl (C=O) groups excluding carboxylic acids is 1. The molecule has 0 aliphatic heterocycles. The van der Waals surface area contributed by atoms with E-state index in [1.807, 2.05) is 55.5 Å². The third kappa shape index (κ3) is 5.28. The number of nitrogens with one attached hydrogen (secondary N) is 2. The summed E-state index contributed by atoms with van der Waals surface area (Å²) in [5.41, 5.74) is 3.53. The van der Waals surface area contributed by atoms with E-state index in [4.69, 9.17) is 4.74 Å². The van der Waals surface area contributed by atoms with Gasteiger partial charge in [0, 0.05) is 12.2 Å². The van der Waals surface area contributed by atoms with E-state index in [0.717, 1.165) is 23.4 Å². The monoisotopic (exact) mass is 362 g/mol. The lowest BCUT2D eigenvalue weighted by Gasteiger charge is -2.07. The normalized spacial score (nSPS) is 10.3. The van der Waals surface area contributed by atoms with Gasteiger partial charge < -0.3 is 15.4 Å². The topological polar surface area (TPSA) is 76.1 Å². The summed E-state index contributed by atoms with van der Waals surface area (Å²) in [4.78, 5) is 12.2. The molecule has 1 amide bonds. The summed E-state index contributed by atoms with van der Waals surface area (Å²) in [6.07, 6.45) is 0.732. The summed E-state index contributed by atoms with van der Waals surface area (Å²) in [5, 5.41) is 14.1. The maximum Gasteiger partial charge on any atom is 0.271 e.